The van der Waals surface area contributed by atoms with E-state index in [-0.39, 0.29) is 24.0 Å². The van der Waals surface area contributed by atoms with Gasteiger partial charge in [0.05, 0.1) is 7.11 Å². The summed E-state index contributed by atoms with van der Waals surface area (Å²) >= 11 is 0. The summed E-state index contributed by atoms with van der Waals surface area (Å²) in [4.78, 5) is 4.27. The number of guanidine groups is 1. The zero-order chi connectivity index (χ0) is 17.0. The summed E-state index contributed by atoms with van der Waals surface area (Å²) in [7, 11) is 3.50. The first kappa shape index (κ1) is 21.3. The molecule has 0 aliphatic rings. The Labute approximate surface area is 168 Å². The molecular weight excluding hydrogens is 425 g/mol. The molecule has 0 saturated heterocycles. The van der Waals surface area contributed by atoms with Crippen LogP contribution < -0.4 is 15.4 Å². The van der Waals surface area contributed by atoms with Gasteiger partial charge in [-0.1, -0.05) is 42.5 Å². The minimum absolute atomic E-state index is 0. The number of nitrogens with zero attached hydrogens (tertiary/aromatic N) is 1. The van der Waals surface area contributed by atoms with Gasteiger partial charge >= 0.3 is 0 Å². The fourth-order valence-corrected chi connectivity index (χ4v) is 2.52. The predicted molar refractivity (Wildman–Crippen MR) is 116 cm³/mol. The van der Waals surface area contributed by atoms with E-state index in [1.165, 1.54) is 11.1 Å². The van der Waals surface area contributed by atoms with Gasteiger partial charge in [0.15, 0.2) is 5.96 Å². The van der Waals surface area contributed by atoms with Gasteiger partial charge < -0.3 is 15.4 Å². The van der Waals surface area contributed by atoms with Crippen LogP contribution >= 0.6 is 24.0 Å². The van der Waals surface area contributed by atoms with E-state index in [1.54, 1.807) is 14.2 Å². The molecule has 5 heteroatoms. The van der Waals surface area contributed by atoms with Gasteiger partial charge in [-0.3, -0.25) is 4.99 Å². The first-order valence-corrected chi connectivity index (χ1v) is 8.43. The molecule has 25 heavy (non-hydrogen) atoms. The predicted octanol–water partition coefficient (Wildman–Crippen LogP) is 3.65. The van der Waals surface area contributed by atoms with Gasteiger partial charge in [-0.05, 0) is 42.5 Å². The second-order valence-corrected chi connectivity index (χ2v) is 5.62. The number of aryl methyl sites for hydroxylation is 1. The Morgan fingerprint density at radius 2 is 1.64 bits per heavy atom. The van der Waals surface area contributed by atoms with Crippen molar-refractivity contribution in [3.8, 4) is 5.75 Å². The Balaban J connectivity index is 0.00000312. The molecule has 0 heterocycles. The van der Waals surface area contributed by atoms with E-state index >= 15 is 0 Å². The van der Waals surface area contributed by atoms with Crippen molar-refractivity contribution in [2.75, 3.05) is 27.2 Å². The molecule has 0 bridgehead atoms. The first-order valence-electron chi connectivity index (χ1n) is 8.43. The Kier molecular flexibility index (Phi) is 10.7. The zero-order valence-electron chi connectivity index (χ0n) is 15.0. The molecule has 0 unspecified atom stereocenters. The lowest BCUT2D eigenvalue weighted by atomic mass is 10.1. The number of halogens is 1. The third kappa shape index (κ3) is 8.25. The van der Waals surface area contributed by atoms with Crippen molar-refractivity contribution < 1.29 is 4.74 Å². The van der Waals surface area contributed by atoms with Gasteiger partial charge in [0.1, 0.15) is 5.75 Å². The monoisotopic (exact) mass is 453 g/mol. The van der Waals surface area contributed by atoms with Crippen LogP contribution in [0.5, 0.6) is 5.75 Å². The van der Waals surface area contributed by atoms with E-state index in [1.807, 2.05) is 12.1 Å². The van der Waals surface area contributed by atoms with Crippen molar-refractivity contribution in [2.24, 2.45) is 4.99 Å². The Bertz CT molecular complexity index is 632. The van der Waals surface area contributed by atoms with Crippen LogP contribution in [0.25, 0.3) is 0 Å². The van der Waals surface area contributed by atoms with Gasteiger partial charge in [0.25, 0.3) is 0 Å². The van der Waals surface area contributed by atoms with Gasteiger partial charge in [0, 0.05) is 20.1 Å². The Hall–Kier alpha value is -1.76. The van der Waals surface area contributed by atoms with Crippen LogP contribution in [0.4, 0.5) is 0 Å². The molecule has 0 aromatic heterocycles. The highest BCUT2D eigenvalue weighted by Crippen LogP contribution is 2.12. The molecule has 2 N–H and O–H groups in total. The van der Waals surface area contributed by atoms with Gasteiger partial charge in [0.2, 0.25) is 0 Å². The lowest BCUT2D eigenvalue weighted by Gasteiger charge is -2.12. The highest BCUT2D eigenvalue weighted by Gasteiger charge is 1.99. The summed E-state index contributed by atoms with van der Waals surface area (Å²) in [6.07, 6.45) is 3.09. The van der Waals surface area contributed by atoms with Crippen molar-refractivity contribution in [1.29, 1.82) is 0 Å². The number of rotatable bonds is 8. The van der Waals surface area contributed by atoms with Gasteiger partial charge in [-0.2, -0.15) is 0 Å². The topological polar surface area (TPSA) is 45.7 Å². The molecule has 0 fully saturated rings. The third-order valence-electron chi connectivity index (χ3n) is 3.84. The second kappa shape index (κ2) is 12.6. The molecular formula is C20H28IN3O. The molecule has 0 atom stereocenters. The van der Waals surface area contributed by atoms with Crippen molar-refractivity contribution in [3.63, 3.8) is 0 Å². The summed E-state index contributed by atoms with van der Waals surface area (Å²) in [5.74, 6) is 1.75. The molecule has 2 aromatic rings. The highest BCUT2D eigenvalue weighted by atomic mass is 127. The maximum absolute atomic E-state index is 5.25. The van der Waals surface area contributed by atoms with Gasteiger partial charge in [-0.25, -0.2) is 0 Å². The smallest absolute Gasteiger partial charge is 0.190 e. The minimum Gasteiger partial charge on any atom is -0.497 e. The van der Waals surface area contributed by atoms with Crippen LogP contribution in [0.1, 0.15) is 17.5 Å². The number of aliphatic imine (C=N–C) groups is 1. The summed E-state index contributed by atoms with van der Waals surface area (Å²) in [6, 6.07) is 18.7. The number of benzene rings is 2. The SMILES string of the molecule is CN=C(NCCCc1ccccc1)NCCc1cccc(OC)c1.I. The summed E-state index contributed by atoms with van der Waals surface area (Å²) in [5, 5.41) is 6.71. The molecule has 2 rings (SSSR count). The lowest BCUT2D eigenvalue weighted by Crippen LogP contribution is -2.38. The molecule has 2 aromatic carbocycles. The molecule has 4 nitrogen and oxygen atoms in total. The summed E-state index contributed by atoms with van der Waals surface area (Å²) in [6.45, 7) is 1.75. The number of methoxy groups -OCH3 is 1. The zero-order valence-corrected chi connectivity index (χ0v) is 17.3. The average molecular weight is 453 g/mol. The van der Waals surface area contributed by atoms with Gasteiger partial charge in [-0.15, -0.1) is 24.0 Å². The third-order valence-corrected chi connectivity index (χ3v) is 3.84. The molecule has 136 valence electrons. The number of ether oxygens (including phenoxy) is 1. The van der Waals surface area contributed by atoms with Crippen molar-refractivity contribution in [1.82, 2.24) is 10.6 Å². The molecule has 0 amide bonds. The highest BCUT2D eigenvalue weighted by molar-refractivity contribution is 14.0. The van der Waals surface area contributed by atoms with Crippen LogP contribution in [0.3, 0.4) is 0 Å². The number of nitrogens with one attached hydrogen (secondary N) is 2. The standard InChI is InChI=1S/C20H27N3O.HI/c1-21-20(22-14-7-11-17-8-4-3-5-9-17)23-15-13-18-10-6-12-19(16-18)24-2;/h3-6,8-10,12,16H,7,11,13-15H2,1-2H3,(H2,21,22,23);1H. The maximum atomic E-state index is 5.25. The van der Waals surface area contributed by atoms with Crippen LogP contribution in [0.2, 0.25) is 0 Å². The maximum Gasteiger partial charge on any atom is 0.190 e. The molecule has 0 radical (unpaired) electrons. The van der Waals surface area contributed by atoms with Crippen LogP contribution in [-0.2, 0) is 12.8 Å². The van der Waals surface area contributed by atoms with Crippen molar-refractivity contribution in [2.45, 2.75) is 19.3 Å². The van der Waals surface area contributed by atoms with Crippen LogP contribution in [-0.4, -0.2) is 33.2 Å². The van der Waals surface area contributed by atoms with E-state index in [0.717, 1.165) is 44.1 Å². The Morgan fingerprint density at radius 3 is 2.36 bits per heavy atom. The van der Waals surface area contributed by atoms with E-state index in [4.69, 9.17) is 4.74 Å². The van der Waals surface area contributed by atoms with Crippen molar-refractivity contribution in [3.05, 3.63) is 65.7 Å². The number of hydrogen-bond acceptors (Lipinski definition) is 2. The molecule has 0 aliphatic carbocycles. The molecule has 0 saturated carbocycles. The van der Waals surface area contributed by atoms with Crippen LogP contribution in [0, 0.1) is 0 Å². The van der Waals surface area contributed by atoms with Crippen molar-refractivity contribution >= 4 is 29.9 Å². The van der Waals surface area contributed by atoms with E-state index in [2.05, 4.69) is 58.1 Å². The normalized spacial score (nSPS) is 10.7. The fraction of sp³-hybridized carbons (Fsp3) is 0.350. The molecule has 0 aliphatic heterocycles. The average Bonchev–Trinajstić information content (AvgIpc) is 2.64. The Morgan fingerprint density at radius 1 is 0.920 bits per heavy atom. The lowest BCUT2D eigenvalue weighted by molar-refractivity contribution is 0.414. The second-order valence-electron chi connectivity index (χ2n) is 5.62. The first-order chi connectivity index (χ1) is 11.8. The minimum atomic E-state index is 0. The van der Waals surface area contributed by atoms with E-state index in [9.17, 15) is 0 Å². The summed E-state index contributed by atoms with van der Waals surface area (Å²) in [5.41, 5.74) is 2.63. The quantitative estimate of drug-likeness (QED) is 0.278. The summed E-state index contributed by atoms with van der Waals surface area (Å²) < 4.78 is 5.25. The molecule has 0 spiro atoms. The largest absolute Gasteiger partial charge is 0.497 e. The van der Waals surface area contributed by atoms with Crippen LogP contribution in [0.15, 0.2) is 59.6 Å². The van der Waals surface area contributed by atoms with E-state index < -0.39 is 0 Å². The fourth-order valence-electron chi connectivity index (χ4n) is 2.52. The number of hydrogen-bond donors (Lipinski definition) is 2. The van der Waals surface area contributed by atoms with E-state index in [0.29, 0.717) is 0 Å².